The Kier molecular flexibility index (Phi) is 4.71. The number of nitrogens with zero attached hydrogens (tertiary/aromatic N) is 1. The van der Waals surface area contributed by atoms with Crippen LogP contribution in [0.3, 0.4) is 0 Å². The molecule has 0 spiro atoms. The highest BCUT2D eigenvalue weighted by Crippen LogP contribution is 2.29. The quantitative estimate of drug-likeness (QED) is 0.879. The summed E-state index contributed by atoms with van der Waals surface area (Å²) in [6.45, 7) is 3.84. The molecule has 4 nitrogen and oxygen atoms in total. The van der Waals surface area contributed by atoms with Crippen LogP contribution in [0, 0.1) is 0 Å². The zero-order valence-corrected chi connectivity index (χ0v) is 11.6. The predicted octanol–water partition coefficient (Wildman–Crippen LogP) is 2.64. The van der Waals surface area contributed by atoms with Crippen LogP contribution >= 0.6 is 0 Å². The lowest BCUT2D eigenvalue weighted by molar-refractivity contribution is 0.0168. The van der Waals surface area contributed by atoms with E-state index in [1.807, 2.05) is 32.0 Å². The fourth-order valence-corrected chi connectivity index (χ4v) is 1.95. The van der Waals surface area contributed by atoms with Crippen molar-refractivity contribution in [3.8, 4) is 5.75 Å². The molecular formula is C16H19NO3. The van der Waals surface area contributed by atoms with Crippen molar-refractivity contribution >= 4 is 0 Å². The molecule has 2 N–H and O–H groups in total. The number of pyridine rings is 1. The van der Waals surface area contributed by atoms with Crippen molar-refractivity contribution in [1.82, 2.24) is 4.98 Å². The Morgan fingerprint density at radius 1 is 0.950 bits per heavy atom. The van der Waals surface area contributed by atoms with E-state index in [0.717, 1.165) is 0 Å². The zero-order chi connectivity index (χ0) is 14.5. The third-order valence-corrected chi connectivity index (χ3v) is 2.89. The third kappa shape index (κ3) is 3.56. The smallest absolute Gasteiger partial charge is 0.138 e. The van der Waals surface area contributed by atoms with Crippen LogP contribution in [-0.2, 0) is 0 Å². The highest BCUT2D eigenvalue weighted by Gasteiger charge is 2.20. The van der Waals surface area contributed by atoms with Crippen LogP contribution in [0.1, 0.15) is 37.2 Å². The lowest BCUT2D eigenvalue weighted by Gasteiger charge is -2.19. The Bertz CT molecular complexity index is 542. The number of aromatic nitrogens is 1. The minimum atomic E-state index is -1.04. The summed E-state index contributed by atoms with van der Waals surface area (Å²) in [6.07, 6.45) is 1.12. The molecule has 0 radical (unpaired) electrons. The first-order chi connectivity index (χ1) is 9.58. The van der Waals surface area contributed by atoms with Crippen molar-refractivity contribution in [3.63, 3.8) is 0 Å². The van der Waals surface area contributed by atoms with Gasteiger partial charge in [-0.15, -0.1) is 0 Å². The van der Waals surface area contributed by atoms with Gasteiger partial charge in [0, 0.05) is 11.8 Å². The van der Waals surface area contributed by atoms with Gasteiger partial charge in [0.25, 0.3) is 0 Å². The summed E-state index contributed by atoms with van der Waals surface area (Å²) >= 11 is 0. The second-order valence-corrected chi connectivity index (χ2v) is 4.92. The van der Waals surface area contributed by atoms with E-state index in [-0.39, 0.29) is 6.10 Å². The molecule has 0 aliphatic heterocycles. The van der Waals surface area contributed by atoms with Crippen LogP contribution in [-0.4, -0.2) is 21.3 Å². The fraction of sp³-hybridized carbons (Fsp3) is 0.312. The van der Waals surface area contributed by atoms with Crippen LogP contribution in [0.2, 0.25) is 0 Å². The Hall–Kier alpha value is -1.91. The van der Waals surface area contributed by atoms with Gasteiger partial charge in [-0.2, -0.15) is 0 Å². The van der Waals surface area contributed by atoms with E-state index < -0.39 is 12.2 Å². The molecule has 0 amide bonds. The molecule has 106 valence electrons. The molecule has 0 saturated heterocycles. The molecular weight excluding hydrogens is 254 g/mol. The Labute approximate surface area is 118 Å². The monoisotopic (exact) mass is 273 g/mol. The number of aliphatic hydroxyl groups excluding tert-OH is 2. The van der Waals surface area contributed by atoms with Gasteiger partial charge in [0.2, 0.25) is 0 Å². The van der Waals surface area contributed by atoms with Crippen molar-refractivity contribution in [3.05, 3.63) is 59.9 Å². The van der Waals surface area contributed by atoms with Gasteiger partial charge in [-0.05, 0) is 25.5 Å². The van der Waals surface area contributed by atoms with Gasteiger partial charge < -0.3 is 14.9 Å². The first-order valence-electron chi connectivity index (χ1n) is 6.60. The summed E-state index contributed by atoms with van der Waals surface area (Å²) in [5.74, 6) is 0.580. The predicted molar refractivity (Wildman–Crippen MR) is 76.4 cm³/mol. The number of rotatable bonds is 5. The molecule has 1 aromatic carbocycles. The number of benzene rings is 1. The van der Waals surface area contributed by atoms with Crippen molar-refractivity contribution in [2.24, 2.45) is 0 Å². The van der Waals surface area contributed by atoms with Crippen molar-refractivity contribution in [2.45, 2.75) is 32.2 Å². The van der Waals surface area contributed by atoms with Crippen LogP contribution in [0.5, 0.6) is 5.75 Å². The lowest BCUT2D eigenvalue weighted by Crippen LogP contribution is -2.11. The van der Waals surface area contributed by atoms with Crippen LogP contribution in [0.15, 0.2) is 48.8 Å². The zero-order valence-electron chi connectivity index (χ0n) is 11.6. The second kappa shape index (κ2) is 6.50. The second-order valence-electron chi connectivity index (χ2n) is 4.92. The molecule has 0 fully saturated rings. The van der Waals surface area contributed by atoms with Crippen molar-refractivity contribution in [2.75, 3.05) is 0 Å². The van der Waals surface area contributed by atoms with Gasteiger partial charge in [-0.1, -0.05) is 30.3 Å². The molecule has 2 rings (SSSR count). The SMILES string of the molecule is CC(C)Oc1cncc(C(O)C(O)c2ccccc2)c1. The normalized spacial score (nSPS) is 14.1. The molecule has 0 aliphatic rings. The van der Waals surface area contributed by atoms with Crippen LogP contribution < -0.4 is 4.74 Å². The highest BCUT2D eigenvalue weighted by molar-refractivity contribution is 5.28. The number of ether oxygens (including phenoxy) is 1. The van der Waals surface area contributed by atoms with E-state index in [0.29, 0.717) is 16.9 Å². The maximum absolute atomic E-state index is 10.3. The Morgan fingerprint density at radius 2 is 1.60 bits per heavy atom. The van der Waals surface area contributed by atoms with Crippen LogP contribution in [0.25, 0.3) is 0 Å². The summed E-state index contributed by atoms with van der Waals surface area (Å²) in [6, 6.07) is 10.8. The molecule has 0 aliphatic carbocycles. The van der Waals surface area contributed by atoms with Gasteiger partial charge in [0.05, 0.1) is 12.3 Å². The molecule has 0 saturated carbocycles. The van der Waals surface area contributed by atoms with Crippen molar-refractivity contribution in [1.29, 1.82) is 0 Å². The summed E-state index contributed by atoms with van der Waals surface area (Å²) in [5.41, 5.74) is 1.19. The van der Waals surface area contributed by atoms with Gasteiger partial charge in [0.1, 0.15) is 18.0 Å². The first kappa shape index (κ1) is 14.5. The Morgan fingerprint density at radius 3 is 2.25 bits per heavy atom. The number of hydrogen-bond acceptors (Lipinski definition) is 4. The van der Waals surface area contributed by atoms with E-state index in [9.17, 15) is 10.2 Å². The maximum atomic E-state index is 10.3. The average molecular weight is 273 g/mol. The third-order valence-electron chi connectivity index (χ3n) is 2.89. The molecule has 2 atom stereocenters. The minimum absolute atomic E-state index is 0.0308. The standard InChI is InChI=1S/C16H19NO3/c1-11(2)20-14-8-13(9-17-10-14)16(19)15(18)12-6-4-3-5-7-12/h3-11,15-16,18-19H,1-2H3. The topological polar surface area (TPSA) is 62.6 Å². The van der Waals surface area contributed by atoms with Crippen molar-refractivity contribution < 1.29 is 14.9 Å². The molecule has 20 heavy (non-hydrogen) atoms. The van der Waals surface area contributed by atoms with Gasteiger partial charge in [-0.25, -0.2) is 0 Å². The van der Waals surface area contributed by atoms with E-state index in [1.54, 1.807) is 24.4 Å². The summed E-state index contributed by atoms with van der Waals surface area (Å²) < 4.78 is 5.54. The molecule has 2 aromatic rings. The summed E-state index contributed by atoms with van der Waals surface area (Å²) in [4.78, 5) is 4.04. The summed E-state index contributed by atoms with van der Waals surface area (Å²) in [7, 11) is 0. The van der Waals surface area contributed by atoms with Gasteiger partial charge in [0.15, 0.2) is 0 Å². The number of aliphatic hydroxyl groups is 2. The van der Waals surface area contributed by atoms with E-state index >= 15 is 0 Å². The Balaban J connectivity index is 2.18. The molecule has 1 aromatic heterocycles. The van der Waals surface area contributed by atoms with Crippen LogP contribution in [0.4, 0.5) is 0 Å². The molecule has 2 unspecified atom stereocenters. The summed E-state index contributed by atoms with van der Waals surface area (Å²) in [5, 5.41) is 20.5. The lowest BCUT2D eigenvalue weighted by atomic mass is 9.99. The highest BCUT2D eigenvalue weighted by atomic mass is 16.5. The van der Waals surface area contributed by atoms with E-state index in [4.69, 9.17) is 4.74 Å². The minimum Gasteiger partial charge on any atom is -0.489 e. The molecule has 1 heterocycles. The van der Waals surface area contributed by atoms with Gasteiger partial charge >= 0.3 is 0 Å². The first-order valence-corrected chi connectivity index (χ1v) is 6.60. The van der Waals surface area contributed by atoms with E-state index in [2.05, 4.69) is 4.98 Å². The largest absolute Gasteiger partial charge is 0.489 e. The molecule has 4 heteroatoms. The van der Waals surface area contributed by atoms with Gasteiger partial charge in [-0.3, -0.25) is 4.98 Å². The fourth-order valence-electron chi connectivity index (χ4n) is 1.95. The average Bonchev–Trinajstić information content (AvgIpc) is 2.46. The maximum Gasteiger partial charge on any atom is 0.138 e. The number of hydrogen-bond donors (Lipinski definition) is 2. The van der Waals surface area contributed by atoms with E-state index in [1.165, 1.54) is 6.20 Å². The molecule has 0 bridgehead atoms.